The number of furan rings is 1. The Hall–Kier alpha value is -3.08. The molecule has 2 aromatic carbocycles. The van der Waals surface area contributed by atoms with Gasteiger partial charge in [-0.05, 0) is 41.8 Å². The maximum atomic E-state index is 12.5. The molecule has 1 aliphatic heterocycles. The van der Waals surface area contributed by atoms with Crippen LogP contribution in [-0.4, -0.2) is 23.3 Å². The van der Waals surface area contributed by atoms with E-state index in [1.165, 1.54) is 5.56 Å². The van der Waals surface area contributed by atoms with Gasteiger partial charge in [0, 0.05) is 30.6 Å². The largest absolute Gasteiger partial charge is 0.451 e. The van der Waals surface area contributed by atoms with Gasteiger partial charge in [0.1, 0.15) is 5.58 Å². The number of carbonyl (C=O) groups excluding carboxylic acids is 2. The zero-order valence-electron chi connectivity index (χ0n) is 14.6. The zero-order chi connectivity index (χ0) is 18.1. The molecule has 5 nitrogen and oxygen atoms in total. The summed E-state index contributed by atoms with van der Waals surface area (Å²) in [7, 11) is 0. The highest BCUT2D eigenvalue weighted by Crippen LogP contribution is 2.24. The molecule has 0 fully saturated rings. The summed E-state index contributed by atoms with van der Waals surface area (Å²) >= 11 is 0. The summed E-state index contributed by atoms with van der Waals surface area (Å²) in [5.41, 5.74) is 3.71. The molecule has 0 radical (unpaired) electrons. The lowest BCUT2D eigenvalue weighted by Crippen LogP contribution is -2.35. The molecule has 132 valence electrons. The van der Waals surface area contributed by atoms with Crippen LogP contribution in [0.5, 0.6) is 0 Å². The second-order valence-corrected chi connectivity index (χ2v) is 6.50. The van der Waals surface area contributed by atoms with Gasteiger partial charge in [-0.2, -0.15) is 0 Å². The number of nitrogens with one attached hydrogen (secondary N) is 1. The summed E-state index contributed by atoms with van der Waals surface area (Å²) in [6.45, 7) is 3.22. The SMILES string of the molecule is CCC(=O)N1CCc2ccc(NC(=O)c3cc4ccccc4o3)cc2C1. The van der Waals surface area contributed by atoms with Gasteiger partial charge >= 0.3 is 0 Å². The van der Waals surface area contributed by atoms with Gasteiger partial charge in [0.15, 0.2) is 5.76 Å². The quantitative estimate of drug-likeness (QED) is 0.779. The molecule has 0 saturated carbocycles. The fourth-order valence-electron chi connectivity index (χ4n) is 3.36. The van der Waals surface area contributed by atoms with Crippen LogP contribution in [0.2, 0.25) is 0 Å². The van der Waals surface area contributed by atoms with Crippen molar-refractivity contribution in [2.24, 2.45) is 0 Å². The maximum Gasteiger partial charge on any atom is 0.291 e. The minimum Gasteiger partial charge on any atom is -0.451 e. The Bertz CT molecular complexity index is 957. The number of hydrogen-bond donors (Lipinski definition) is 1. The molecule has 0 bridgehead atoms. The predicted molar refractivity (Wildman–Crippen MR) is 100 cm³/mol. The average Bonchev–Trinajstić information content (AvgIpc) is 3.11. The first-order valence-electron chi connectivity index (χ1n) is 8.83. The lowest BCUT2D eigenvalue weighted by Gasteiger charge is -2.29. The third kappa shape index (κ3) is 3.08. The van der Waals surface area contributed by atoms with Crippen LogP contribution in [0.3, 0.4) is 0 Å². The van der Waals surface area contributed by atoms with E-state index in [1.807, 2.05) is 54.3 Å². The van der Waals surface area contributed by atoms with Gasteiger partial charge in [-0.25, -0.2) is 0 Å². The Kier molecular flexibility index (Phi) is 4.21. The molecular weight excluding hydrogens is 328 g/mol. The van der Waals surface area contributed by atoms with Crippen LogP contribution < -0.4 is 5.32 Å². The smallest absolute Gasteiger partial charge is 0.291 e. The lowest BCUT2D eigenvalue weighted by molar-refractivity contribution is -0.131. The number of amides is 2. The summed E-state index contributed by atoms with van der Waals surface area (Å²) in [4.78, 5) is 26.3. The zero-order valence-corrected chi connectivity index (χ0v) is 14.6. The summed E-state index contributed by atoms with van der Waals surface area (Å²) in [5, 5.41) is 3.79. The van der Waals surface area contributed by atoms with Gasteiger partial charge in [0.25, 0.3) is 5.91 Å². The van der Waals surface area contributed by atoms with Gasteiger partial charge in [-0.15, -0.1) is 0 Å². The topological polar surface area (TPSA) is 62.6 Å². The molecule has 0 saturated heterocycles. The minimum atomic E-state index is -0.279. The maximum absolute atomic E-state index is 12.5. The van der Waals surface area contributed by atoms with Crippen molar-refractivity contribution in [3.8, 4) is 0 Å². The van der Waals surface area contributed by atoms with Crippen molar-refractivity contribution in [2.75, 3.05) is 11.9 Å². The first kappa shape index (κ1) is 16.4. The number of fused-ring (bicyclic) bond motifs is 2. The second-order valence-electron chi connectivity index (χ2n) is 6.50. The van der Waals surface area contributed by atoms with E-state index in [0.29, 0.717) is 24.2 Å². The van der Waals surface area contributed by atoms with Gasteiger partial charge in [-0.3, -0.25) is 9.59 Å². The molecule has 4 rings (SSSR count). The summed E-state index contributed by atoms with van der Waals surface area (Å²) < 4.78 is 5.61. The third-order valence-corrected chi connectivity index (χ3v) is 4.78. The standard InChI is InChI=1S/C21H20N2O3/c1-2-20(24)23-10-9-14-7-8-17(11-16(14)13-23)22-21(25)19-12-15-5-3-4-6-18(15)26-19/h3-8,11-12H,2,9-10,13H2,1H3,(H,22,25). The molecule has 1 N–H and O–H groups in total. The Balaban J connectivity index is 1.53. The van der Waals surface area contributed by atoms with Crippen LogP contribution in [0.25, 0.3) is 11.0 Å². The fraction of sp³-hybridized carbons (Fsp3) is 0.238. The van der Waals surface area contributed by atoms with Gasteiger partial charge in [-0.1, -0.05) is 31.2 Å². The van der Waals surface area contributed by atoms with Gasteiger partial charge in [0.05, 0.1) is 0 Å². The number of anilines is 1. The molecule has 0 aliphatic carbocycles. The van der Waals surface area contributed by atoms with Crippen LogP contribution in [0.1, 0.15) is 35.0 Å². The van der Waals surface area contributed by atoms with Crippen LogP contribution in [0, 0.1) is 0 Å². The highest BCUT2D eigenvalue weighted by atomic mass is 16.3. The van der Waals surface area contributed by atoms with Crippen LogP contribution in [0.15, 0.2) is 52.9 Å². The molecule has 3 aromatic rings. The lowest BCUT2D eigenvalue weighted by atomic mass is 9.99. The van der Waals surface area contributed by atoms with Crippen molar-refractivity contribution >= 4 is 28.5 Å². The second kappa shape index (κ2) is 6.67. The van der Waals surface area contributed by atoms with Crippen molar-refractivity contribution in [1.82, 2.24) is 4.90 Å². The van der Waals surface area contributed by atoms with E-state index in [0.717, 1.165) is 23.9 Å². The Labute approximate surface area is 151 Å². The van der Waals surface area contributed by atoms with E-state index in [-0.39, 0.29) is 17.6 Å². The van der Waals surface area contributed by atoms with Crippen molar-refractivity contribution < 1.29 is 14.0 Å². The Morgan fingerprint density at radius 3 is 2.77 bits per heavy atom. The van der Waals surface area contributed by atoms with E-state index in [9.17, 15) is 9.59 Å². The number of nitrogens with zero attached hydrogens (tertiary/aromatic N) is 1. The minimum absolute atomic E-state index is 0.160. The number of carbonyl (C=O) groups is 2. The molecule has 0 spiro atoms. The molecule has 1 aliphatic rings. The first-order chi connectivity index (χ1) is 12.6. The molecule has 0 atom stereocenters. The molecule has 0 unspecified atom stereocenters. The fourth-order valence-corrected chi connectivity index (χ4v) is 3.36. The summed E-state index contributed by atoms with van der Waals surface area (Å²) in [6, 6.07) is 15.1. The van der Waals surface area contributed by atoms with Crippen molar-refractivity contribution in [2.45, 2.75) is 26.3 Å². The molecule has 5 heteroatoms. The molecule has 2 heterocycles. The van der Waals surface area contributed by atoms with E-state index < -0.39 is 0 Å². The highest BCUT2D eigenvalue weighted by Gasteiger charge is 2.20. The summed E-state index contributed by atoms with van der Waals surface area (Å²) in [5.74, 6) is 0.164. The summed E-state index contributed by atoms with van der Waals surface area (Å²) in [6.07, 6.45) is 1.36. The van der Waals surface area contributed by atoms with Crippen LogP contribution >= 0.6 is 0 Å². The molecule has 1 aromatic heterocycles. The molecule has 2 amide bonds. The molecular formula is C21H20N2O3. The van der Waals surface area contributed by atoms with Crippen LogP contribution in [0.4, 0.5) is 5.69 Å². The highest BCUT2D eigenvalue weighted by molar-refractivity contribution is 6.04. The normalized spacial score (nSPS) is 13.5. The number of hydrogen-bond acceptors (Lipinski definition) is 3. The van der Waals surface area contributed by atoms with Gasteiger partial charge in [0.2, 0.25) is 5.91 Å². The Morgan fingerprint density at radius 2 is 1.96 bits per heavy atom. The van der Waals surface area contributed by atoms with E-state index >= 15 is 0 Å². The number of para-hydroxylation sites is 1. The van der Waals surface area contributed by atoms with Crippen molar-refractivity contribution in [1.29, 1.82) is 0 Å². The van der Waals surface area contributed by atoms with E-state index in [2.05, 4.69) is 5.32 Å². The number of benzene rings is 2. The number of rotatable bonds is 3. The molecule has 26 heavy (non-hydrogen) atoms. The van der Waals surface area contributed by atoms with Gasteiger partial charge < -0.3 is 14.6 Å². The average molecular weight is 348 g/mol. The third-order valence-electron chi connectivity index (χ3n) is 4.78. The Morgan fingerprint density at radius 1 is 1.12 bits per heavy atom. The van der Waals surface area contributed by atoms with Crippen molar-refractivity contribution in [3.05, 3.63) is 65.4 Å². The predicted octanol–water partition coefficient (Wildman–Crippen LogP) is 3.98. The van der Waals surface area contributed by atoms with Crippen molar-refractivity contribution in [3.63, 3.8) is 0 Å². The van der Waals surface area contributed by atoms with E-state index in [4.69, 9.17) is 4.42 Å². The monoisotopic (exact) mass is 348 g/mol. The first-order valence-corrected chi connectivity index (χ1v) is 8.83. The van der Waals surface area contributed by atoms with E-state index in [1.54, 1.807) is 6.07 Å². The van der Waals surface area contributed by atoms with Crippen LogP contribution in [-0.2, 0) is 17.8 Å².